The molecule has 29 heavy (non-hydrogen) atoms. The molecular weight excluding hydrogens is 392 g/mol. The lowest BCUT2D eigenvalue weighted by Gasteiger charge is -2.14. The first-order valence-corrected chi connectivity index (χ1v) is 9.93. The fourth-order valence-corrected chi connectivity index (χ4v) is 3.73. The summed E-state index contributed by atoms with van der Waals surface area (Å²) < 4.78 is 2.39. The zero-order valence-electron chi connectivity index (χ0n) is 15.8. The Bertz CT molecular complexity index is 1200. The van der Waals surface area contributed by atoms with Gasteiger partial charge in [-0.15, -0.1) is 11.8 Å². The molecule has 8 nitrogen and oxygen atoms in total. The number of amides is 2. The second-order valence-corrected chi connectivity index (χ2v) is 7.25. The highest BCUT2D eigenvalue weighted by Gasteiger charge is 2.15. The molecule has 0 aliphatic rings. The minimum atomic E-state index is -0.539. The van der Waals surface area contributed by atoms with E-state index in [1.807, 2.05) is 0 Å². The Morgan fingerprint density at radius 3 is 2.45 bits per heavy atom. The Balaban J connectivity index is 1.93. The van der Waals surface area contributed by atoms with Crippen LogP contribution in [0.1, 0.15) is 6.92 Å². The summed E-state index contributed by atoms with van der Waals surface area (Å²) in [5, 5.41) is 3.14. The molecule has 9 heteroatoms. The summed E-state index contributed by atoms with van der Waals surface area (Å²) in [7, 11) is 0. The molecular formula is C20H20N4O4S. The first-order valence-electron chi connectivity index (χ1n) is 8.94. The third-order valence-electron chi connectivity index (χ3n) is 4.28. The van der Waals surface area contributed by atoms with Crippen LogP contribution in [-0.2, 0) is 22.7 Å². The number of primary amides is 1. The first kappa shape index (κ1) is 20.4. The predicted molar refractivity (Wildman–Crippen MR) is 113 cm³/mol. The highest BCUT2D eigenvalue weighted by molar-refractivity contribution is 8.00. The number of carbonyl (C=O) groups is 2. The molecule has 0 saturated heterocycles. The Labute approximate surface area is 170 Å². The number of thioether (sulfide) groups is 1. The molecule has 0 bridgehead atoms. The van der Waals surface area contributed by atoms with Crippen molar-refractivity contribution in [3.63, 3.8) is 0 Å². The lowest BCUT2D eigenvalue weighted by atomic mass is 10.2. The molecule has 0 saturated carbocycles. The number of rotatable bonds is 7. The zero-order chi connectivity index (χ0) is 21.0. The van der Waals surface area contributed by atoms with E-state index in [0.29, 0.717) is 21.5 Å². The number of hydrogen-bond donors (Lipinski definition) is 2. The van der Waals surface area contributed by atoms with Crippen LogP contribution < -0.4 is 22.3 Å². The van der Waals surface area contributed by atoms with Crippen LogP contribution in [0.4, 0.5) is 5.69 Å². The Kier molecular flexibility index (Phi) is 6.18. The fourth-order valence-electron chi connectivity index (χ4n) is 2.98. The Morgan fingerprint density at radius 2 is 1.72 bits per heavy atom. The van der Waals surface area contributed by atoms with Gasteiger partial charge >= 0.3 is 5.69 Å². The summed E-state index contributed by atoms with van der Waals surface area (Å²) in [6.45, 7) is 1.65. The molecule has 3 N–H and O–H groups in total. The largest absolute Gasteiger partial charge is 0.369 e. The van der Waals surface area contributed by atoms with E-state index in [-0.39, 0.29) is 24.4 Å². The molecule has 0 spiro atoms. The van der Waals surface area contributed by atoms with Crippen LogP contribution in [0.25, 0.3) is 10.9 Å². The Hall–Kier alpha value is -3.33. The van der Waals surface area contributed by atoms with E-state index in [4.69, 9.17) is 5.73 Å². The maximum atomic E-state index is 12.8. The number of fused-ring (bicyclic) bond motifs is 1. The van der Waals surface area contributed by atoms with Crippen molar-refractivity contribution in [2.45, 2.75) is 24.9 Å². The molecule has 0 unspecified atom stereocenters. The predicted octanol–water partition coefficient (Wildman–Crippen LogP) is 1.40. The van der Waals surface area contributed by atoms with Crippen molar-refractivity contribution in [1.82, 2.24) is 9.13 Å². The van der Waals surface area contributed by atoms with Crippen LogP contribution in [0.15, 0.2) is 63.0 Å². The van der Waals surface area contributed by atoms with E-state index in [1.54, 1.807) is 55.5 Å². The number of aromatic nitrogens is 2. The van der Waals surface area contributed by atoms with Crippen molar-refractivity contribution in [2.75, 3.05) is 11.1 Å². The third kappa shape index (κ3) is 4.40. The number of nitrogens with zero attached hydrogens (tertiary/aromatic N) is 2. The van der Waals surface area contributed by atoms with Crippen LogP contribution in [-0.4, -0.2) is 26.7 Å². The van der Waals surface area contributed by atoms with Gasteiger partial charge < -0.3 is 11.1 Å². The number of carbonyl (C=O) groups excluding carboxylic acids is 2. The summed E-state index contributed by atoms with van der Waals surface area (Å²) in [6.07, 6.45) is 0. The summed E-state index contributed by atoms with van der Waals surface area (Å²) in [5.41, 5.74) is 5.19. The standard InChI is InChI=1S/C20H20N4O4S/c1-2-23-19(27)13-7-3-5-9-15(13)24(20(23)28)11-18(26)22-14-8-4-6-10-16(14)29-12-17(21)25/h3-10H,2,11-12H2,1H3,(H2,21,25)(H,22,26). The lowest BCUT2D eigenvalue weighted by molar-refractivity contribution is -0.117. The number of nitrogens with one attached hydrogen (secondary N) is 1. The maximum Gasteiger partial charge on any atom is 0.331 e. The SMILES string of the molecule is CCn1c(=O)c2ccccc2n(CC(=O)Nc2ccccc2SCC(N)=O)c1=O. The van der Waals surface area contributed by atoms with Gasteiger partial charge in [-0.3, -0.25) is 23.5 Å². The number of hydrogen-bond acceptors (Lipinski definition) is 5. The molecule has 0 radical (unpaired) electrons. The monoisotopic (exact) mass is 412 g/mol. The van der Waals surface area contributed by atoms with Crippen LogP contribution >= 0.6 is 11.8 Å². The second kappa shape index (κ2) is 8.78. The second-order valence-electron chi connectivity index (χ2n) is 6.23. The van der Waals surface area contributed by atoms with Crippen molar-refractivity contribution in [3.05, 3.63) is 69.4 Å². The lowest BCUT2D eigenvalue weighted by Crippen LogP contribution is -2.41. The van der Waals surface area contributed by atoms with Crippen LogP contribution in [0.5, 0.6) is 0 Å². The van der Waals surface area contributed by atoms with E-state index >= 15 is 0 Å². The molecule has 0 aliphatic heterocycles. The van der Waals surface area contributed by atoms with Crippen LogP contribution in [0.2, 0.25) is 0 Å². The van der Waals surface area contributed by atoms with E-state index in [1.165, 1.54) is 16.3 Å². The van der Waals surface area contributed by atoms with Gasteiger partial charge in [0.2, 0.25) is 11.8 Å². The molecule has 1 aromatic heterocycles. The third-order valence-corrected chi connectivity index (χ3v) is 5.38. The molecule has 150 valence electrons. The zero-order valence-corrected chi connectivity index (χ0v) is 16.6. The highest BCUT2D eigenvalue weighted by Crippen LogP contribution is 2.26. The van der Waals surface area contributed by atoms with E-state index < -0.39 is 17.5 Å². The fraction of sp³-hybridized carbons (Fsp3) is 0.200. The number of para-hydroxylation sites is 2. The molecule has 2 amide bonds. The van der Waals surface area contributed by atoms with Crippen molar-refractivity contribution >= 4 is 40.2 Å². The molecule has 0 atom stereocenters. The molecule has 0 fully saturated rings. The molecule has 3 aromatic rings. The summed E-state index contributed by atoms with van der Waals surface area (Å²) in [5.74, 6) is -0.806. The van der Waals surface area contributed by atoms with Crippen molar-refractivity contribution < 1.29 is 9.59 Å². The summed E-state index contributed by atoms with van der Waals surface area (Å²) in [4.78, 5) is 49.7. The average Bonchev–Trinajstić information content (AvgIpc) is 2.71. The quantitative estimate of drug-likeness (QED) is 0.569. The highest BCUT2D eigenvalue weighted by atomic mass is 32.2. The van der Waals surface area contributed by atoms with E-state index in [0.717, 1.165) is 4.57 Å². The number of anilines is 1. The van der Waals surface area contributed by atoms with Crippen LogP contribution in [0, 0.1) is 0 Å². The minimum Gasteiger partial charge on any atom is -0.369 e. The Morgan fingerprint density at radius 1 is 1.03 bits per heavy atom. The van der Waals surface area contributed by atoms with Gasteiger partial charge in [-0.25, -0.2) is 4.79 Å². The molecule has 1 heterocycles. The normalized spacial score (nSPS) is 10.8. The van der Waals surface area contributed by atoms with Gasteiger partial charge in [-0.1, -0.05) is 24.3 Å². The smallest absolute Gasteiger partial charge is 0.331 e. The van der Waals surface area contributed by atoms with Crippen molar-refractivity contribution in [2.24, 2.45) is 5.73 Å². The summed E-state index contributed by atoms with van der Waals surface area (Å²) >= 11 is 1.21. The van der Waals surface area contributed by atoms with Gasteiger partial charge in [0, 0.05) is 11.4 Å². The van der Waals surface area contributed by atoms with E-state index in [2.05, 4.69) is 5.32 Å². The molecule has 3 rings (SSSR count). The van der Waals surface area contributed by atoms with Crippen LogP contribution in [0.3, 0.4) is 0 Å². The maximum absolute atomic E-state index is 12.8. The molecule has 2 aromatic carbocycles. The number of nitrogens with two attached hydrogens (primary N) is 1. The first-order chi connectivity index (χ1) is 13.9. The minimum absolute atomic E-state index is 0.0818. The number of benzene rings is 2. The average molecular weight is 412 g/mol. The summed E-state index contributed by atoms with van der Waals surface area (Å²) in [6, 6.07) is 13.7. The van der Waals surface area contributed by atoms with Gasteiger partial charge in [0.1, 0.15) is 6.54 Å². The van der Waals surface area contributed by atoms with Gasteiger partial charge in [-0.2, -0.15) is 0 Å². The van der Waals surface area contributed by atoms with Gasteiger partial charge in [0.05, 0.1) is 22.3 Å². The van der Waals surface area contributed by atoms with E-state index in [9.17, 15) is 19.2 Å². The van der Waals surface area contributed by atoms with Gasteiger partial charge in [0.15, 0.2) is 0 Å². The van der Waals surface area contributed by atoms with Crippen molar-refractivity contribution in [1.29, 1.82) is 0 Å². The van der Waals surface area contributed by atoms with Gasteiger partial charge in [0.25, 0.3) is 5.56 Å². The topological polar surface area (TPSA) is 116 Å². The van der Waals surface area contributed by atoms with Crippen molar-refractivity contribution in [3.8, 4) is 0 Å². The molecule has 0 aliphatic carbocycles. The van der Waals surface area contributed by atoms with Gasteiger partial charge in [-0.05, 0) is 31.2 Å².